The van der Waals surface area contributed by atoms with Crippen LogP contribution in [0.15, 0.2) is 52.0 Å². The molecule has 0 saturated carbocycles. The standard InChI is InChI=1S/C17H13N3O3S/c1-10-4-2-6-20-14(10)19-16-12(17(20)22)8-13(24-16)15(21)18-9-11-5-3-7-23-11/h2-8H,9H2,1H3,(H,18,21). The Balaban J connectivity index is 1.74. The summed E-state index contributed by atoms with van der Waals surface area (Å²) < 4.78 is 6.70. The van der Waals surface area contributed by atoms with Crippen LogP contribution in [-0.4, -0.2) is 15.3 Å². The first-order valence-electron chi connectivity index (χ1n) is 7.35. The van der Waals surface area contributed by atoms with Crippen LogP contribution in [0, 0.1) is 6.92 Å². The number of furan rings is 1. The van der Waals surface area contributed by atoms with E-state index in [2.05, 4.69) is 10.3 Å². The van der Waals surface area contributed by atoms with Crippen LogP contribution in [0.5, 0.6) is 0 Å². The Kier molecular flexibility index (Phi) is 3.42. The summed E-state index contributed by atoms with van der Waals surface area (Å²) in [5.41, 5.74) is 1.35. The third kappa shape index (κ3) is 2.39. The zero-order valence-electron chi connectivity index (χ0n) is 12.8. The van der Waals surface area contributed by atoms with Crippen LogP contribution in [0.2, 0.25) is 0 Å². The molecule has 4 aromatic heterocycles. The second kappa shape index (κ2) is 5.61. The Morgan fingerprint density at radius 1 is 1.38 bits per heavy atom. The maximum atomic E-state index is 12.6. The topological polar surface area (TPSA) is 76.6 Å². The molecule has 7 heteroatoms. The molecule has 120 valence electrons. The Morgan fingerprint density at radius 2 is 2.25 bits per heavy atom. The lowest BCUT2D eigenvalue weighted by atomic mass is 10.3. The second-order valence-electron chi connectivity index (χ2n) is 5.39. The summed E-state index contributed by atoms with van der Waals surface area (Å²) in [4.78, 5) is 30.5. The van der Waals surface area contributed by atoms with Gasteiger partial charge in [-0.2, -0.15) is 0 Å². The molecular formula is C17H13N3O3S. The van der Waals surface area contributed by atoms with E-state index in [1.165, 1.54) is 15.7 Å². The molecule has 24 heavy (non-hydrogen) atoms. The zero-order chi connectivity index (χ0) is 16.7. The maximum Gasteiger partial charge on any atom is 0.266 e. The predicted octanol–water partition coefficient (Wildman–Crippen LogP) is 2.74. The highest BCUT2D eigenvalue weighted by molar-refractivity contribution is 7.20. The van der Waals surface area contributed by atoms with Gasteiger partial charge in [0.05, 0.1) is 23.1 Å². The second-order valence-corrected chi connectivity index (χ2v) is 6.42. The van der Waals surface area contributed by atoms with Crippen molar-refractivity contribution < 1.29 is 9.21 Å². The van der Waals surface area contributed by atoms with Crippen LogP contribution in [0.3, 0.4) is 0 Å². The van der Waals surface area contributed by atoms with Gasteiger partial charge in [0.25, 0.3) is 11.5 Å². The Labute approximate surface area is 140 Å². The lowest BCUT2D eigenvalue weighted by Crippen LogP contribution is -2.21. The quantitative estimate of drug-likeness (QED) is 0.623. The first-order valence-corrected chi connectivity index (χ1v) is 8.17. The van der Waals surface area contributed by atoms with Gasteiger partial charge in [0.1, 0.15) is 16.2 Å². The predicted molar refractivity (Wildman–Crippen MR) is 91.5 cm³/mol. The number of pyridine rings is 1. The number of carbonyl (C=O) groups is 1. The number of hydrogen-bond donors (Lipinski definition) is 1. The van der Waals surface area contributed by atoms with Crippen LogP contribution in [0.1, 0.15) is 21.0 Å². The number of nitrogens with zero attached hydrogens (tertiary/aromatic N) is 2. The Hall–Kier alpha value is -2.93. The van der Waals surface area contributed by atoms with E-state index in [0.29, 0.717) is 33.0 Å². The zero-order valence-corrected chi connectivity index (χ0v) is 13.6. The van der Waals surface area contributed by atoms with E-state index in [4.69, 9.17) is 4.42 Å². The number of fused-ring (bicyclic) bond motifs is 2. The SMILES string of the molecule is Cc1cccn2c(=O)c3cc(C(=O)NCc4ccco4)sc3nc12. The highest BCUT2D eigenvalue weighted by atomic mass is 32.1. The molecule has 1 amide bonds. The van der Waals surface area contributed by atoms with Crippen LogP contribution in [0.25, 0.3) is 15.9 Å². The molecule has 0 fully saturated rings. The fraction of sp³-hybridized carbons (Fsp3) is 0.118. The lowest BCUT2D eigenvalue weighted by Gasteiger charge is -2.02. The molecule has 0 radical (unpaired) electrons. The van der Waals surface area contributed by atoms with Crippen LogP contribution in [-0.2, 0) is 6.54 Å². The summed E-state index contributed by atoms with van der Waals surface area (Å²) in [5.74, 6) is 0.420. The largest absolute Gasteiger partial charge is 0.467 e. The first-order chi connectivity index (χ1) is 11.6. The molecule has 0 saturated heterocycles. The average Bonchev–Trinajstić information content (AvgIpc) is 3.23. The van der Waals surface area contributed by atoms with Gasteiger partial charge >= 0.3 is 0 Å². The van der Waals surface area contributed by atoms with Crippen LogP contribution < -0.4 is 10.9 Å². The van der Waals surface area contributed by atoms with Gasteiger partial charge in [-0.25, -0.2) is 4.98 Å². The van der Waals surface area contributed by atoms with E-state index in [1.807, 2.05) is 13.0 Å². The monoisotopic (exact) mass is 339 g/mol. The summed E-state index contributed by atoms with van der Waals surface area (Å²) >= 11 is 1.21. The number of thiophene rings is 1. The van der Waals surface area contributed by atoms with E-state index in [-0.39, 0.29) is 11.5 Å². The van der Waals surface area contributed by atoms with E-state index >= 15 is 0 Å². The maximum absolute atomic E-state index is 12.6. The molecule has 0 aromatic carbocycles. The molecule has 0 spiro atoms. The number of aryl methyl sites for hydroxylation is 1. The molecule has 1 N–H and O–H groups in total. The van der Waals surface area contributed by atoms with Crippen LogP contribution in [0.4, 0.5) is 0 Å². The van der Waals surface area contributed by atoms with Crippen molar-refractivity contribution in [1.29, 1.82) is 0 Å². The normalized spacial score (nSPS) is 11.2. The molecule has 0 unspecified atom stereocenters. The van der Waals surface area contributed by atoms with Crippen molar-refractivity contribution in [2.24, 2.45) is 0 Å². The minimum Gasteiger partial charge on any atom is -0.467 e. The Bertz CT molecular complexity index is 1110. The van der Waals surface area contributed by atoms with E-state index in [1.54, 1.807) is 36.7 Å². The van der Waals surface area contributed by atoms with Gasteiger partial charge in [-0.05, 0) is 36.8 Å². The molecular weight excluding hydrogens is 326 g/mol. The van der Waals surface area contributed by atoms with Crippen molar-refractivity contribution >= 4 is 33.1 Å². The van der Waals surface area contributed by atoms with Gasteiger partial charge in [-0.3, -0.25) is 14.0 Å². The number of amides is 1. The van der Waals surface area contributed by atoms with Crippen molar-refractivity contribution in [2.75, 3.05) is 0 Å². The number of nitrogens with one attached hydrogen (secondary N) is 1. The fourth-order valence-electron chi connectivity index (χ4n) is 2.54. The van der Waals surface area contributed by atoms with E-state index in [9.17, 15) is 9.59 Å². The smallest absolute Gasteiger partial charge is 0.266 e. The van der Waals surface area contributed by atoms with E-state index in [0.717, 1.165) is 5.56 Å². The highest BCUT2D eigenvalue weighted by Gasteiger charge is 2.15. The number of rotatable bonds is 3. The summed E-state index contributed by atoms with van der Waals surface area (Å²) in [6.07, 6.45) is 3.24. The van der Waals surface area contributed by atoms with Crippen molar-refractivity contribution in [2.45, 2.75) is 13.5 Å². The van der Waals surface area contributed by atoms with Gasteiger partial charge < -0.3 is 9.73 Å². The molecule has 0 atom stereocenters. The number of hydrogen-bond acceptors (Lipinski definition) is 5. The molecule has 0 aliphatic heterocycles. The van der Waals surface area contributed by atoms with Gasteiger partial charge in [-0.1, -0.05) is 6.07 Å². The molecule has 0 bridgehead atoms. The van der Waals surface area contributed by atoms with Crippen LogP contribution >= 0.6 is 11.3 Å². The first kappa shape index (κ1) is 14.6. The molecule has 6 nitrogen and oxygen atoms in total. The highest BCUT2D eigenvalue weighted by Crippen LogP contribution is 2.22. The third-order valence-corrected chi connectivity index (χ3v) is 4.79. The Morgan fingerprint density at radius 3 is 3.04 bits per heavy atom. The van der Waals surface area contributed by atoms with Gasteiger partial charge in [-0.15, -0.1) is 11.3 Å². The van der Waals surface area contributed by atoms with Crippen molar-refractivity contribution in [3.8, 4) is 0 Å². The van der Waals surface area contributed by atoms with Crippen molar-refractivity contribution in [3.05, 3.63) is 69.3 Å². The minimum atomic E-state index is -0.250. The summed E-state index contributed by atoms with van der Waals surface area (Å²) in [7, 11) is 0. The summed E-state index contributed by atoms with van der Waals surface area (Å²) in [6, 6.07) is 8.86. The van der Waals surface area contributed by atoms with Gasteiger partial charge in [0.2, 0.25) is 0 Å². The molecule has 4 rings (SSSR count). The van der Waals surface area contributed by atoms with Crippen molar-refractivity contribution in [3.63, 3.8) is 0 Å². The molecule has 0 aliphatic carbocycles. The summed E-state index contributed by atoms with van der Waals surface area (Å²) in [5, 5.41) is 3.23. The number of carbonyl (C=O) groups excluding carboxylic acids is 1. The number of aromatic nitrogens is 2. The average molecular weight is 339 g/mol. The van der Waals surface area contributed by atoms with Crippen molar-refractivity contribution in [1.82, 2.24) is 14.7 Å². The fourth-order valence-corrected chi connectivity index (χ4v) is 3.48. The summed E-state index contributed by atoms with van der Waals surface area (Å²) in [6.45, 7) is 2.20. The molecule has 0 aliphatic rings. The van der Waals surface area contributed by atoms with Gasteiger partial charge in [0, 0.05) is 6.20 Å². The van der Waals surface area contributed by atoms with E-state index < -0.39 is 0 Å². The third-order valence-electron chi connectivity index (χ3n) is 3.76. The minimum absolute atomic E-state index is 0.167. The van der Waals surface area contributed by atoms with Gasteiger partial charge in [0.15, 0.2) is 0 Å². The lowest BCUT2D eigenvalue weighted by molar-refractivity contribution is 0.0952. The molecule has 4 aromatic rings. The molecule has 4 heterocycles.